The van der Waals surface area contributed by atoms with E-state index in [2.05, 4.69) is 54.2 Å². The van der Waals surface area contributed by atoms with E-state index in [0.717, 1.165) is 35.5 Å². The van der Waals surface area contributed by atoms with Gasteiger partial charge in [0.05, 0.1) is 5.56 Å². The molecule has 0 atom stereocenters. The molecule has 5 heteroatoms. The van der Waals surface area contributed by atoms with E-state index < -0.39 is 0 Å². The highest BCUT2D eigenvalue weighted by Gasteiger charge is 2.28. The summed E-state index contributed by atoms with van der Waals surface area (Å²) in [6.45, 7) is 10.0. The fourth-order valence-electron chi connectivity index (χ4n) is 2.44. The molecule has 1 saturated heterocycles. The van der Waals surface area contributed by atoms with Crippen LogP contribution in [0.2, 0.25) is 0 Å². The van der Waals surface area contributed by atoms with Crippen molar-refractivity contribution in [2.45, 2.75) is 31.2 Å². The number of hydrogen-bond donors (Lipinski definition) is 1. The zero-order valence-electron chi connectivity index (χ0n) is 12.2. The lowest BCUT2D eigenvalue weighted by molar-refractivity contribution is 0.0448. The molecule has 0 bridgehead atoms. The van der Waals surface area contributed by atoms with Crippen molar-refractivity contribution in [3.8, 4) is 0 Å². The lowest BCUT2D eigenvalue weighted by Gasteiger charge is -2.42. The van der Waals surface area contributed by atoms with Crippen molar-refractivity contribution in [1.82, 2.24) is 9.80 Å². The molecule has 0 radical (unpaired) electrons. The third kappa shape index (κ3) is 3.57. The van der Waals surface area contributed by atoms with Gasteiger partial charge < -0.3 is 4.90 Å². The Bertz CT molecular complexity index is 505. The number of thiol groups is 1. The molecular formula is C15H21BrN2OS. The maximum atomic E-state index is 12.5. The van der Waals surface area contributed by atoms with E-state index in [1.165, 1.54) is 0 Å². The molecule has 1 amide bonds. The van der Waals surface area contributed by atoms with Crippen molar-refractivity contribution >= 4 is 34.5 Å². The van der Waals surface area contributed by atoms with Gasteiger partial charge in [0.15, 0.2) is 0 Å². The second-order valence-electron chi connectivity index (χ2n) is 6.11. The van der Waals surface area contributed by atoms with Crippen LogP contribution in [0.25, 0.3) is 0 Å². The lowest BCUT2D eigenvalue weighted by atomic mass is 10.0. The van der Waals surface area contributed by atoms with Crippen molar-refractivity contribution in [1.29, 1.82) is 0 Å². The Morgan fingerprint density at radius 3 is 2.30 bits per heavy atom. The summed E-state index contributed by atoms with van der Waals surface area (Å²) in [7, 11) is 0. The van der Waals surface area contributed by atoms with Gasteiger partial charge in [0.2, 0.25) is 0 Å². The van der Waals surface area contributed by atoms with Gasteiger partial charge in [0.1, 0.15) is 0 Å². The van der Waals surface area contributed by atoms with Gasteiger partial charge in [-0.1, -0.05) is 15.9 Å². The van der Waals surface area contributed by atoms with E-state index in [0.29, 0.717) is 5.56 Å². The topological polar surface area (TPSA) is 23.6 Å². The number of amides is 1. The van der Waals surface area contributed by atoms with Gasteiger partial charge in [0.25, 0.3) is 5.91 Å². The zero-order chi connectivity index (χ0) is 14.9. The van der Waals surface area contributed by atoms with Crippen molar-refractivity contribution in [3.05, 3.63) is 28.2 Å². The standard InChI is InChI=1S/C15H21BrN2OS/c1-15(2,3)18-8-6-17(7-9-18)14(19)12-5-4-11(16)10-13(12)20/h4-5,10,20H,6-9H2,1-3H3. The summed E-state index contributed by atoms with van der Waals surface area (Å²) in [5.74, 6) is 0.0797. The number of nitrogens with zero attached hydrogens (tertiary/aromatic N) is 2. The van der Waals surface area contributed by atoms with Gasteiger partial charge >= 0.3 is 0 Å². The summed E-state index contributed by atoms with van der Waals surface area (Å²) in [6.07, 6.45) is 0. The van der Waals surface area contributed by atoms with Crippen LogP contribution in [0, 0.1) is 0 Å². The van der Waals surface area contributed by atoms with Crippen LogP contribution in [0.4, 0.5) is 0 Å². The molecular weight excluding hydrogens is 336 g/mol. The molecule has 0 N–H and O–H groups in total. The number of rotatable bonds is 1. The molecule has 110 valence electrons. The predicted molar refractivity (Wildman–Crippen MR) is 88.6 cm³/mol. The number of carbonyl (C=O) groups is 1. The van der Waals surface area contributed by atoms with Crippen molar-refractivity contribution < 1.29 is 4.79 Å². The highest BCUT2D eigenvalue weighted by molar-refractivity contribution is 9.10. The minimum absolute atomic E-state index is 0.0797. The first-order chi connectivity index (χ1) is 9.29. The Balaban J connectivity index is 2.05. The van der Waals surface area contributed by atoms with Gasteiger partial charge in [-0.2, -0.15) is 0 Å². The van der Waals surface area contributed by atoms with Crippen molar-refractivity contribution in [2.24, 2.45) is 0 Å². The maximum absolute atomic E-state index is 12.5. The minimum atomic E-state index is 0.0797. The zero-order valence-corrected chi connectivity index (χ0v) is 14.7. The molecule has 1 aromatic rings. The minimum Gasteiger partial charge on any atom is -0.336 e. The van der Waals surface area contributed by atoms with Crippen LogP contribution < -0.4 is 0 Å². The van der Waals surface area contributed by atoms with Crippen LogP contribution in [-0.2, 0) is 0 Å². The molecule has 1 aromatic carbocycles. The Morgan fingerprint density at radius 2 is 1.80 bits per heavy atom. The second-order valence-corrected chi connectivity index (χ2v) is 7.51. The average Bonchev–Trinajstić information content (AvgIpc) is 2.37. The van der Waals surface area contributed by atoms with E-state index in [1.807, 2.05) is 23.1 Å². The number of halogens is 1. The van der Waals surface area contributed by atoms with E-state index in [1.54, 1.807) is 0 Å². The molecule has 1 aliphatic heterocycles. The first kappa shape index (κ1) is 15.9. The molecule has 0 unspecified atom stereocenters. The molecule has 0 saturated carbocycles. The quantitative estimate of drug-likeness (QED) is 0.780. The van der Waals surface area contributed by atoms with E-state index in [-0.39, 0.29) is 11.4 Å². The number of piperazine rings is 1. The highest BCUT2D eigenvalue weighted by atomic mass is 79.9. The molecule has 2 rings (SSSR count). The fourth-order valence-corrected chi connectivity index (χ4v) is 3.28. The Hall–Kier alpha value is -0.520. The summed E-state index contributed by atoms with van der Waals surface area (Å²) in [5.41, 5.74) is 0.849. The third-order valence-electron chi connectivity index (χ3n) is 3.71. The molecule has 1 heterocycles. The number of hydrogen-bond acceptors (Lipinski definition) is 3. The Morgan fingerprint density at radius 1 is 1.20 bits per heavy atom. The number of carbonyl (C=O) groups excluding carboxylic acids is 1. The summed E-state index contributed by atoms with van der Waals surface area (Å²) in [5, 5.41) is 0. The smallest absolute Gasteiger partial charge is 0.255 e. The molecule has 0 spiro atoms. The van der Waals surface area contributed by atoms with Crippen LogP contribution in [-0.4, -0.2) is 47.4 Å². The molecule has 3 nitrogen and oxygen atoms in total. The molecule has 0 aromatic heterocycles. The SMILES string of the molecule is CC(C)(C)N1CCN(C(=O)c2ccc(Br)cc2S)CC1. The van der Waals surface area contributed by atoms with Gasteiger partial charge in [-0.3, -0.25) is 9.69 Å². The summed E-state index contributed by atoms with van der Waals surface area (Å²) in [4.78, 5) is 17.6. The van der Waals surface area contributed by atoms with Crippen LogP contribution in [0.3, 0.4) is 0 Å². The van der Waals surface area contributed by atoms with Crippen molar-refractivity contribution in [2.75, 3.05) is 26.2 Å². The second kappa shape index (κ2) is 6.08. The lowest BCUT2D eigenvalue weighted by Crippen LogP contribution is -2.54. The Labute approximate surface area is 134 Å². The summed E-state index contributed by atoms with van der Waals surface area (Å²) < 4.78 is 0.941. The van der Waals surface area contributed by atoms with E-state index >= 15 is 0 Å². The summed E-state index contributed by atoms with van der Waals surface area (Å²) >= 11 is 7.79. The summed E-state index contributed by atoms with van der Waals surface area (Å²) in [6, 6.07) is 5.59. The molecule has 1 aliphatic rings. The van der Waals surface area contributed by atoms with E-state index in [9.17, 15) is 4.79 Å². The average molecular weight is 357 g/mol. The molecule has 0 aliphatic carbocycles. The van der Waals surface area contributed by atoms with Gasteiger partial charge in [-0.05, 0) is 39.0 Å². The van der Waals surface area contributed by atoms with Gasteiger partial charge in [-0.15, -0.1) is 12.6 Å². The first-order valence-corrected chi connectivity index (χ1v) is 8.06. The molecule has 20 heavy (non-hydrogen) atoms. The highest BCUT2D eigenvalue weighted by Crippen LogP contribution is 2.22. The maximum Gasteiger partial charge on any atom is 0.255 e. The van der Waals surface area contributed by atoms with Crippen molar-refractivity contribution in [3.63, 3.8) is 0 Å². The fraction of sp³-hybridized carbons (Fsp3) is 0.533. The third-order valence-corrected chi connectivity index (χ3v) is 4.57. The Kier molecular flexibility index (Phi) is 4.82. The monoisotopic (exact) mass is 356 g/mol. The molecule has 1 fully saturated rings. The van der Waals surface area contributed by atoms with Crippen LogP contribution in [0.5, 0.6) is 0 Å². The van der Waals surface area contributed by atoms with Crippen LogP contribution in [0.15, 0.2) is 27.6 Å². The van der Waals surface area contributed by atoms with Crippen LogP contribution in [0.1, 0.15) is 31.1 Å². The normalized spacial score (nSPS) is 17.4. The van der Waals surface area contributed by atoms with E-state index in [4.69, 9.17) is 0 Å². The van der Waals surface area contributed by atoms with Gasteiger partial charge in [-0.25, -0.2) is 0 Å². The van der Waals surface area contributed by atoms with Gasteiger partial charge in [0, 0.05) is 41.1 Å². The first-order valence-electron chi connectivity index (χ1n) is 6.82. The van der Waals surface area contributed by atoms with Crippen LogP contribution >= 0.6 is 28.6 Å². The predicted octanol–water partition coefficient (Wildman–Crippen LogP) is 3.29. The number of benzene rings is 1. The largest absolute Gasteiger partial charge is 0.336 e.